The van der Waals surface area contributed by atoms with Crippen LogP contribution in [0.5, 0.6) is 5.88 Å². The van der Waals surface area contributed by atoms with Crippen molar-refractivity contribution < 1.29 is 9.63 Å². The second-order valence-corrected chi connectivity index (χ2v) is 5.22. The molecule has 0 saturated heterocycles. The highest BCUT2D eigenvalue weighted by Crippen LogP contribution is 2.18. The summed E-state index contributed by atoms with van der Waals surface area (Å²) in [5, 5.41) is 4.39. The molecule has 0 bridgehead atoms. The van der Waals surface area contributed by atoms with Crippen molar-refractivity contribution in [2.75, 3.05) is 0 Å². The average Bonchev–Trinajstić information content (AvgIpc) is 2.95. The molecule has 5 nitrogen and oxygen atoms in total. The van der Waals surface area contributed by atoms with Crippen molar-refractivity contribution in [1.29, 1.82) is 0 Å². The molecular weight excluding hydrogens is 290 g/mol. The lowest BCUT2D eigenvalue weighted by Crippen LogP contribution is -2.28. The Balaban J connectivity index is 1.79. The third-order valence-corrected chi connectivity index (χ3v) is 3.44. The molecule has 0 spiro atoms. The second kappa shape index (κ2) is 6.36. The SMILES string of the molecule is Cc1cc(ONC(=O)c2ccccc2C)n(-c2ccccc2)n1. The van der Waals surface area contributed by atoms with E-state index in [0.29, 0.717) is 11.4 Å². The molecule has 23 heavy (non-hydrogen) atoms. The predicted octanol–water partition coefficient (Wildman–Crippen LogP) is 3.21. The normalized spacial score (nSPS) is 10.3. The lowest BCUT2D eigenvalue weighted by Gasteiger charge is -2.10. The maximum absolute atomic E-state index is 12.2. The van der Waals surface area contributed by atoms with Gasteiger partial charge in [-0.05, 0) is 37.6 Å². The predicted molar refractivity (Wildman–Crippen MR) is 87.6 cm³/mol. The number of aromatic nitrogens is 2. The molecule has 1 aromatic heterocycles. The van der Waals surface area contributed by atoms with Crippen LogP contribution in [0.4, 0.5) is 0 Å². The minimum absolute atomic E-state index is 0.290. The molecule has 1 N–H and O–H groups in total. The molecule has 1 heterocycles. The number of hydroxylamine groups is 1. The van der Waals surface area contributed by atoms with Crippen LogP contribution in [0.25, 0.3) is 5.69 Å². The highest BCUT2D eigenvalue weighted by Gasteiger charge is 2.12. The Morgan fingerprint density at radius 1 is 1.04 bits per heavy atom. The summed E-state index contributed by atoms with van der Waals surface area (Å²) in [6.45, 7) is 3.75. The van der Waals surface area contributed by atoms with Gasteiger partial charge in [-0.25, -0.2) is 0 Å². The fraction of sp³-hybridized carbons (Fsp3) is 0.111. The minimum Gasteiger partial charge on any atom is -0.359 e. The summed E-state index contributed by atoms with van der Waals surface area (Å²) < 4.78 is 1.65. The van der Waals surface area contributed by atoms with Crippen LogP contribution >= 0.6 is 0 Å². The minimum atomic E-state index is -0.290. The number of carbonyl (C=O) groups is 1. The highest BCUT2D eigenvalue weighted by molar-refractivity contribution is 5.94. The van der Waals surface area contributed by atoms with Gasteiger partial charge < -0.3 is 4.84 Å². The first-order valence-electron chi connectivity index (χ1n) is 7.30. The van der Waals surface area contributed by atoms with Crippen LogP contribution < -0.4 is 10.3 Å². The first-order valence-corrected chi connectivity index (χ1v) is 7.30. The molecule has 0 atom stereocenters. The number of nitrogens with one attached hydrogen (secondary N) is 1. The molecule has 0 saturated carbocycles. The molecule has 2 aromatic carbocycles. The quantitative estimate of drug-likeness (QED) is 0.753. The molecule has 0 unspecified atom stereocenters. The van der Waals surface area contributed by atoms with E-state index in [-0.39, 0.29) is 5.91 Å². The molecule has 0 aliphatic rings. The lowest BCUT2D eigenvalue weighted by atomic mass is 10.1. The number of aryl methyl sites for hydroxylation is 2. The number of carbonyl (C=O) groups excluding carboxylic acids is 1. The van der Waals surface area contributed by atoms with Crippen LogP contribution in [0.3, 0.4) is 0 Å². The fourth-order valence-corrected chi connectivity index (χ4v) is 2.28. The van der Waals surface area contributed by atoms with Crippen molar-refractivity contribution in [2.24, 2.45) is 0 Å². The van der Waals surface area contributed by atoms with Gasteiger partial charge in [0, 0.05) is 11.6 Å². The third-order valence-electron chi connectivity index (χ3n) is 3.44. The van der Waals surface area contributed by atoms with Crippen molar-refractivity contribution in [3.8, 4) is 11.6 Å². The first-order chi connectivity index (χ1) is 11.1. The summed E-state index contributed by atoms with van der Waals surface area (Å²) in [4.78, 5) is 17.7. The van der Waals surface area contributed by atoms with E-state index in [4.69, 9.17) is 4.84 Å². The van der Waals surface area contributed by atoms with Gasteiger partial charge in [0.25, 0.3) is 5.91 Å². The molecular formula is C18H17N3O2. The van der Waals surface area contributed by atoms with E-state index in [1.54, 1.807) is 16.8 Å². The monoisotopic (exact) mass is 307 g/mol. The number of hydrogen-bond donors (Lipinski definition) is 1. The van der Waals surface area contributed by atoms with Crippen molar-refractivity contribution >= 4 is 5.91 Å². The number of nitrogens with zero attached hydrogens (tertiary/aromatic N) is 2. The Morgan fingerprint density at radius 2 is 1.74 bits per heavy atom. The van der Waals surface area contributed by atoms with E-state index in [1.165, 1.54) is 0 Å². The molecule has 5 heteroatoms. The lowest BCUT2D eigenvalue weighted by molar-refractivity contribution is 0.0744. The smallest absolute Gasteiger partial charge is 0.284 e. The fourth-order valence-electron chi connectivity index (χ4n) is 2.28. The van der Waals surface area contributed by atoms with Crippen LogP contribution in [-0.4, -0.2) is 15.7 Å². The number of benzene rings is 2. The van der Waals surface area contributed by atoms with Gasteiger partial charge >= 0.3 is 0 Å². The van der Waals surface area contributed by atoms with Crippen molar-refractivity contribution in [3.63, 3.8) is 0 Å². The van der Waals surface area contributed by atoms with Crippen LogP contribution in [0.1, 0.15) is 21.6 Å². The van der Waals surface area contributed by atoms with Gasteiger partial charge in [-0.1, -0.05) is 36.4 Å². The maximum Gasteiger partial charge on any atom is 0.284 e. The molecule has 1 amide bonds. The van der Waals surface area contributed by atoms with E-state index < -0.39 is 0 Å². The molecule has 0 fully saturated rings. The Kier molecular flexibility index (Phi) is 4.10. The molecule has 0 aliphatic carbocycles. The Labute approximate surface area is 134 Å². The largest absolute Gasteiger partial charge is 0.359 e. The molecule has 0 radical (unpaired) electrons. The number of para-hydroxylation sites is 1. The molecule has 116 valence electrons. The van der Waals surface area contributed by atoms with Gasteiger partial charge in [0.2, 0.25) is 5.88 Å². The van der Waals surface area contributed by atoms with E-state index in [0.717, 1.165) is 16.9 Å². The number of hydrogen-bond acceptors (Lipinski definition) is 3. The first kappa shape index (κ1) is 14.8. The van der Waals surface area contributed by atoms with E-state index >= 15 is 0 Å². The topological polar surface area (TPSA) is 56.1 Å². The third kappa shape index (κ3) is 3.23. The summed E-state index contributed by atoms with van der Waals surface area (Å²) >= 11 is 0. The summed E-state index contributed by atoms with van der Waals surface area (Å²) in [5.74, 6) is 0.164. The van der Waals surface area contributed by atoms with Gasteiger partial charge in [-0.15, -0.1) is 0 Å². The average molecular weight is 307 g/mol. The van der Waals surface area contributed by atoms with E-state index in [1.807, 2.05) is 62.4 Å². The van der Waals surface area contributed by atoms with E-state index in [2.05, 4.69) is 10.6 Å². The zero-order valence-corrected chi connectivity index (χ0v) is 13.0. The van der Waals surface area contributed by atoms with Crippen molar-refractivity contribution in [1.82, 2.24) is 15.3 Å². The summed E-state index contributed by atoms with van der Waals surface area (Å²) in [5.41, 5.74) is 5.61. The Morgan fingerprint density at radius 3 is 2.48 bits per heavy atom. The zero-order chi connectivity index (χ0) is 16.2. The second-order valence-electron chi connectivity index (χ2n) is 5.22. The van der Waals surface area contributed by atoms with Crippen LogP contribution in [0, 0.1) is 13.8 Å². The summed E-state index contributed by atoms with van der Waals surface area (Å²) in [7, 11) is 0. The number of amides is 1. The van der Waals surface area contributed by atoms with Crippen molar-refractivity contribution in [3.05, 3.63) is 77.5 Å². The van der Waals surface area contributed by atoms with Gasteiger partial charge in [-0.2, -0.15) is 15.3 Å². The van der Waals surface area contributed by atoms with Crippen molar-refractivity contribution in [2.45, 2.75) is 13.8 Å². The Bertz CT molecular complexity index is 825. The van der Waals surface area contributed by atoms with Crippen LogP contribution in [0.15, 0.2) is 60.7 Å². The summed E-state index contributed by atoms with van der Waals surface area (Å²) in [6.07, 6.45) is 0. The highest BCUT2D eigenvalue weighted by atomic mass is 16.7. The maximum atomic E-state index is 12.2. The molecule has 3 rings (SSSR count). The van der Waals surface area contributed by atoms with Gasteiger partial charge in [0.1, 0.15) is 0 Å². The van der Waals surface area contributed by atoms with Crippen LogP contribution in [0.2, 0.25) is 0 Å². The molecule has 0 aliphatic heterocycles. The number of rotatable bonds is 4. The van der Waals surface area contributed by atoms with Gasteiger partial charge in [-0.3, -0.25) is 4.79 Å². The van der Waals surface area contributed by atoms with Gasteiger partial charge in [0.15, 0.2) is 0 Å². The van der Waals surface area contributed by atoms with Gasteiger partial charge in [0.05, 0.1) is 11.4 Å². The summed E-state index contributed by atoms with van der Waals surface area (Å²) in [6, 6.07) is 18.7. The van der Waals surface area contributed by atoms with Crippen LogP contribution in [-0.2, 0) is 0 Å². The van der Waals surface area contributed by atoms with E-state index in [9.17, 15) is 4.79 Å². The zero-order valence-electron chi connectivity index (χ0n) is 13.0. The molecule has 3 aromatic rings. The Hall–Kier alpha value is -3.08. The standard InChI is InChI=1S/C18H17N3O2/c1-13-8-6-7-11-16(13)18(22)20-23-17-12-14(2)19-21(17)15-9-4-3-5-10-15/h3-12H,1-2H3,(H,20,22).